The van der Waals surface area contributed by atoms with Crippen molar-refractivity contribution in [2.24, 2.45) is 5.73 Å². The summed E-state index contributed by atoms with van der Waals surface area (Å²) >= 11 is 0. The number of nitrogens with one attached hydrogen (secondary N) is 1. The molecule has 2 aromatic rings. The summed E-state index contributed by atoms with van der Waals surface area (Å²) in [4.78, 5) is 17.8. The molecule has 2 aliphatic heterocycles. The number of benzene rings is 1. The van der Waals surface area contributed by atoms with Crippen LogP contribution in [0.15, 0.2) is 40.8 Å². The smallest absolute Gasteiger partial charge is 0.268 e. The summed E-state index contributed by atoms with van der Waals surface area (Å²) in [7, 11) is 0. The lowest BCUT2D eigenvalue weighted by molar-refractivity contribution is -0.126. The normalized spacial score (nSPS) is 23.3. The highest BCUT2D eigenvalue weighted by Crippen LogP contribution is 2.35. The lowest BCUT2D eigenvalue weighted by Gasteiger charge is -2.39. The van der Waals surface area contributed by atoms with Gasteiger partial charge in [-0.1, -0.05) is 25.0 Å². The Morgan fingerprint density at radius 3 is 2.52 bits per heavy atom. The van der Waals surface area contributed by atoms with Crippen molar-refractivity contribution in [3.8, 4) is 5.75 Å². The van der Waals surface area contributed by atoms with Crippen molar-refractivity contribution >= 4 is 17.4 Å². The number of anilines is 1. The van der Waals surface area contributed by atoms with E-state index in [9.17, 15) is 4.79 Å². The van der Waals surface area contributed by atoms with Crippen LogP contribution in [0.2, 0.25) is 0 Å². The van der Waals surface area contributed by atoms with Crippen LogP contribution in [-0.4, -0.2) is 47.9 Å². The number of para-hydroxylation sites is 2. The van der Waals surface area contributed by atoms with E-state index >= 15 is 0 Å². The minimum atomic E-state index is -0.652. The summed E-state index contributed by atoms with van der Waals surface area (Å²) in [5.74, 6) is 1.44. The van der Waals surface area contributed by atoms with Crippen molar-refractivity contribution < 1.29 is 13.9 Å². The molecule has 0 bridgehead atoms. The Labute approximate surface area is 196 Å². The van der Waals surface area contributed by atoms with Gasteiger partial charge in [0.15, 0.2) is 17.7 Å². The Balaban J connectivity index is 1.35. The van der Waals surface area contributed by atoms with Crippen molar-refractivity contribution in [3.63, 3.8) is 0 Å². The molecule has 0 radical (unpaired) electrons. The number of furan rings is 1. The fraction of sp³-hybridized carbons (Fsp3) is 0.538. The third-order valence-electron chi connectivity index (χ3n) is 6.95. The van der Waals surface area contributed by atoms with E-state index in [1.807, 2.05) is 29.2 Å². The number of ether oxygens (including phenoxy) is 1. The summed E-state index contributed by atoms with van der Waals surface area (Å²) in [6.07, 6.45) is 6.79. The van der Waals surface area contributed by atoms with Gasteiger partial charge in [-0.25, -0.2) is 0 Å². The SMILES string of the molecule is C[C@@H]1CCC[C@H](C)N1CCCCCN1C(=O)C(Cc2ccc(C(=N)N)o2)Oc2ccccc21. The second-order valence-corrected chi connectivity index (χ2v) is 9.38. The maximum atomic E-state index is 13.3. The van der Waals surface area contributed by atoms with Crippen LogP contribution in [-0.2, 0) is 11.2 Å². The largest absolute Gasteiger partial charge is 0.478 e. The topological polar surface area (TPSA) is 95.8 Å². The molecule has 1 aromatic heterocycles. The summed E-state index contributed by atoms with van der Waals surface area (Å²) in [5, 5.41) is 7.51. The minimum Gasteiger partial charge on any atom is -0.478 e. The monoisotopic (exact) mass is 452 g/mol. The highest BCUT2D eigenvalue weighted by molar-refractivity contribution is 6.00. The number of amidine groups is 1. The van der Waals surface area contributed by atoms with E-state index in [2.05, 4.69) is 18.7 Å². The van der Waals surface area contributed by atoms with Crippen molar-refractivity contribution in [1.29, 1.82) is 5.41 Å². The molecule has 1 fully saturated rings. The number of unbranched alkanes of at least 4 members (excludes halogenated alkanes) is 2. The summed E-state index contributed by atoms with van der Waals surface area (Å²) in [6, 6.07) is 12.5. The van der Waals surface area contributed by atoms with Crippen LogP contribution < -0.4 is 15.4 Å². The van der Waals surface area contributed by atoms with Crippen molar-refractivity contribution in [3.05, 3.63) is 47.9 Å². The van der Waals surface area contributed by atoms with Crippen LogP contribution in [0.4, 0.5) is 5.69 Å². The second-order valence-electron chi connectivity index (χ2n) is 9.38. The molecule has 1 amide bonds. The van der Waals surface area contributed by atoms with Crippen LogP contribution in [0.5, 0.6) is 5.75 Å². The van der Waals surface area contributed by atoms with Gasteiger partial charge in [0, 0.05) is 18.6 Å². The maximum Gasteiger partial charge on any atom is 0.268 e. The number of nitrogens with zero attached hydrogens (tertiary/aromatic N) is 2. The zero-order valence-corrected chi connectivity index (χ0v) is 19.8. The van der Waals surface area contributed by atoms with E-state index in [0.29, 0.717) is 36.6 Å². The second kappa shape index (κ2) is 10.4. The highest BCUT2D eigenvalue weighted by atomic mass is 16.5. The first-order chi connectivity index (χ1) is 15.9. The molecular weight excluding hydrogens is 416 g/mol. The number of carbonyl (C=O) groups is 1. The van der Waals surface area contributed by atoms with E-state index in [1.165, 1.54) is 19.3 Å². The van der Waals surface area contributed by atoms with Crippen LogP contribution in [0.1, 0.15) is 63.9 Å². The third-order valence-corrected chi connectivity index (χ3v) is 6.95. The lowest BCUT2D eigenvalue weighted by Crippen LogP contribution is -2.47. The molecule has 3 atom stereocenters. The first-order valence-electron chi connectivity index (χ1n) is 12.2. The minimum absolute atomic E-state index is 0.0484. The number of fused-ring (bicyclic) bond motifs is 1. The zero-order chi connectivity index (χ0) is 23.4. The molecule has 1 unspecified atom stereocenters. The molecule has 0 saturated carbocycles. The molecule has 7 nitrogen and oxygen atoms in total. The number of hydrogen-bond donors (Lipinski definition) is 2. The molecule has 2 aliphatic rings. The number of piperidine rings is 1. The molecule has 7 heteroatoms. The molecule has 1 aromatic carbocycles. The highest BCUT2D eigenvalue weighted by Gasteiger charge is 2.34. The van der Waals surface area contributed by atoms with Gasteiger partial charge in [0.05, 0.1) is 12.1 Å². The standard InChI is InChI=1S/C26H36N4O3/c1-18-9-8-10-19(2)29(18)15-6-3-7-16-30-21-11-4-5-12-22(21)33-24(26(30)31)17-20-13-14-23(32-20)25(27)28/h4-5,11-14,18-19,24H,3,6-10,15-17H2,1-2H3,(H3,27,28)/t18-,19+,24?. The van der Waals surface area contributed by atoms with Crippen LogP contribution in [0, 0.1) is 5.41 Å². The molecule has 0 spiro atoms. The zero-order valence-electron chi connectivity index (χ0n) is 19.8. The quantitative estimate of drug-likeness (QED) is 0.335. The Morgan fingerprint density at radius 2 is 1.79 bits per heavy atom. The lowest BCUT2D eigenvalue weighted by atomic mass is 9.97. The fourth-order valence-electron chi connectivity index (χ4n) is 5.11. The Bertz CT molecular complexity index is 962. The van der Waals surface area contributed by atoms with Crippen molar-refractivity contribution in [1.82, 2.24) is 4.90 Å². The van der Waals surface area contributed by atoms with Gasteiger partial charge in [0.25, 0.3) is 5.91 Å². The van der Waals surface area contributed by atoms with Gasteiger partial charge in [-0.05, 0) is 70.3 Å². The Kier molecular flexibility index (Phi) is 7.38. The molecule has 0 aliphatic carbocycles. The van der Waals surface area contributed by atoms with Gasteiger partial charge in [-0.2, -0.15) is 0 Å². The number of carbonyl (C=O) groups excluding carboxylic acids is 1. The van der Waals surface area contributed by atoms with Crippen LogP contribution in [0.25, 0.3) is 0 Å². The van der Waals surface area contributed by atoms with Gasteiger partial charge in [-0.3, -0.25) is 15.1 Å². The molecule has 33 heavy (non-hydrogen) atoms. The van der Waals surface area contributed by atoms with Crippen LogP contribution >= 0.6 is 0 Å². The Hall–Kier alpha value is -2.80. The number of nitrogens with two attached hydrogens (primary N) is 1. The summed E-state index contributed by atoms with van der Waals surface area (Å²) in [6.45, 7) is 6.50. The van der Waals surface area contributed by atoms with Gasteiger partial charge >= 0.3 is 0 Å². The molecule has 1 saturated heterocycles. The number of likely N-dealkylation sites (tertiary alicyclic amines) is 1. The average Bonchev–Trinajstić information content (AvgIpc) is 3.26. The van der Waals surface area contributed by atoms with E-state index < -0.39 is 6.10 Å². The molecule has 3 N–H and O–H groups in total. The number of amides is 1. The van der Waals surface area contributed by atoms with Crippen molar-refractivity contribution in [2.45, 2.75) is 77.0 Å². The Morgan fingerprint density at radius 1 is 1.06 bits per heavy atom. The first-order valence-corrected chi connectivity index (χ1v) is 12.2. The average molecular weight is 453 g/mol. The number of hydrogen-bond acceptors (Lipinski definition) is 5. The van der Waals surface area contributed by atoms with E-state index in [-0.39, 0.29) is 11.7 Å². The van der Waals surface area contributed by atoms with Gasteiger partial charge in [0.1, 0.15) is 11.5 Å². The van der Waals surface area contributed by atoms with Gasteiger partial charge < -0.3 is 19.8 Å². The first kappa shape index (κ1) is 23.4. The summed E-state index contributed by atoms with van der Waals surface area (Å²) in [5.41, 5.74) is 6.33. The predicted molar refractivity (Wildman–Crippen MR) is 130 cm³/mol. The third kappa shape index (κ3) is 5.41. The van der Waals surface area contributed by atoms with E-state index in [1.54, 1.807) is 12.1 Å². The van der Waals surface area contributed by atoms with Crippen LogP contribution in [0.3, 0.4) is 0 Å². The molecule has 3 heterocycles. The van der Waals surface area contributed by atoms with Gasteiger partial charge in [-0.15, -0.1) is 0 Å². The number of nitrogen functional groups attached to an aromatic ring is 1. The van der Waals surface area contributed by atoms with E-state index in [4.69, 9.17) is 20.3 Å². The fourth-order valence-corrected chi connectivity index (χ4v) is 5.11. The summed E-state index contributed by atoms with van der Waals surface area (Å²) < 4.78 is 11.6. The molecular formula is C26H36N4O3. The molecule has 178 valence electrons. The van der Waals surface area contributed by atoms with Crippen molar-refractivity contribution in [2.75, 3.05) is 18.0 Å². The number of rotatable bonds is 9. The predicted octanol–water partition coefficient (Wildman–Crippen LogP) is 4.33. The van der Waals surface area contributed by atoms with Gasteiger partial charge in [0.2, 0.25) is 0 Å². The maximum absolute atomic E-state index is 13.3. The van der Waals surface area contributed by atoms with E-state index in [0.717, 1.165) is 37.2 Å². The molecule has 4 rings (SSSR count).